The van der Waals surface area contributed by atoms with E-state index in [0.29, 0.717) is 32.0 Å². The molecule has 7 heteroatoms. The maximum Gasteiger partial charge on any atom is 0.410 e. The molecule has 2 aliphatic rings. The largest absolute Gasteiger partial charge is 0.469 e. The maximum atomic E-state index is 12.7. The number of hydrogen-bond donors (Lipinski definition) is 0. The monoisotopic (exact) mass is 382 g/mol. The van der Waals surface area contributed by atoms with Crippen LogP contribution < -0.4 is 0 Å². The summed E-state index contributed by atoms with van der Waals surface area (Å²) in [5, 5.41) is 0. The highest BCUT2D eigenvalue weighted by Gasteiger charge is 2.43. The summed E-state index contributed by atoms with van der Waals surface area (Å²) in [5.74, 6) is 0.0623. The van der Waals surface area contributed by atoms with E-state index in [2.05, 4.69) is 0 Å². The number of esters is 1. The van der Waals surface area contributed by atoms with E-state index in [-0.39, 0.29) is 30.4 Å². The van der Waals surface area contributed by atoms with Crippen LogP contribution in [-0.2, 0) is 19.1 Å². The van der Waals surface area contributed by atoms with Gasteiger partial charge >= 0.3 is 12.1 Å². The van der Waals surface area contributed by atoms with E-state index in [1.807, 2.05) is 44.4 Å². The number of amides is 2. The Morgan fingerprint density at radius 2 is 1.67 bits per heavy atom. The number of carbonyl (C=O) groups excluding carboxylic acids is 3. The van der Waals surface area contributed by atoms with Crippen LogP contribution in [-0.4, -0.2) is 66.2 Å². The molecule has 2 rings (SSSR count). The topological polar surface area (TPSA) is 76.2 Å². The van der Waals surface area contributed by atoms with Gasteiger partial charge < -0.3 is 19.3 Å². The van der Waals surface area contributed by atoms with Gasteiger partial charge in [0.2, 0.25) is 5.91 Å². The van der Waals surface area contributed by atoms with Crippen LogP contribution in [0.25, 0.3) is 0 Å². The number of methoxy groups -OCH3 is 1. The average Bonchev–Trinajstić information content (AvgIpc) is 2.95. The minimum absolute atomic E-state index is 0.0677. The molecule has 27 heavy (non-hydrogen) atoms. The van der Waals surface area contributed by atoms with Gasteiger partial charge in [-0.2, -0.15) is 0 Å². The molecule has 2 aliphatic heterocycles. The van der Waals surface area contributed by atoms with Gasteiger partial charge in [-0.25, -0.2) is 4.79 Å². The molecule has 0 aromatic heterocycles. The van der Waals surface area contributed by atoms with Crippen LogP contribution in [0.1, 0.15) is 60.3 Å². The summed E-state index contributed by atoms with van der Waals surface area (Å²) in [6, 6.07) is 0.145. The zero-order chi connectivity index (χ0) is 20.4. The molecule has 0 saturated carbocycles. The third-order valence-electron chi connectivity index (χ3n) is 5.30. The number of likely N-dealkylation sites (tertiary alicyclic amines) is 2. The normalized spacial score (nSPS) is 23.0. The standard InChI is InChI=1S/C20H34N2O5/c1-19(2,3)27-18(25)22-10-7-14-13-21(9-8-15(14)22)16(23)11-20(4,5)12-17(24)26-6/h14-15H,7-13H2,1-6H3/t14-,15+/m1/s1. The number of nitrogens with zero attached hydrogens (tertiary/aromatic N) is 2. The number of piperidine rings is 1. The van der Waals surface area contributed by atoms with Gasteiger partial charge in [-0.1, -0.05) is 13.8 Å². The average molecular weight is 383 g/mol. The van der Waals surface area contributed by atoms with Gasteiger partial charge in [-0.3, -0.25) is 9.59 Å². The van der Waals surface area contributed by atoms with Crippen LogP contribution in [0.4, 0.5) is 4.79 Å². The fourth-order valence-corrected chi connectivity index (χ4v) is 4.00. The van der Waals surface area contributed by atoms with E-state index in [0.717, 1.165) is 12.8 Å². The van der Waals surface area contributed by atoms with E-state index >= 15 is 0 Å². The summed E-state index contributed by atoms with van der Waals surface area (Å²) < 4.78 is 10.2. The fraction of sp³-hybridized carbons (Fsp3) is 0.850. The van der Waals surface area contributed by atoms with Crippen molar-refractivity contribution in [1.29, 1.82) is 0 Å². The predicted molar refractivity (Wildman–Crippen MR) is 101 cm³/mol. The third-order valence-corrected chi connectivity index (χ3v) is 5.30. The Morgan fingerprint density at radius 3 is 2.26 bits per heavy atom. The molecule has 0 bridgehead atoms. The lowest BCUT2D eigenvalue weighted by molar-refractivity contribution is -0.144. The van der Waals surface area contributed by atoms with E-state index in [1.54, 1.807) is 0 Å². The molecule has 2 amide bonds. The van der Waals surface area contributed by atoms with Crippen molar-refractivity contribution in [1.82, 2.24) is 9.80 Å². The second-order valence-corrected chi connectivity index (χ2v) is 9.51. The van der Waals surface area contributed by atoms with Crippen molar-refractivity contribution in [2.45, 2.75) is 71.9 Å². The number of fused-ring (bicyclic) bond motifs is 1. The summed E-state index contributed by atoms with van der Waals surface area (Å²) in [7, 11) is 1.36. The smallest absolute Gasteiger partial charge is 0.410 e. The van der Waals surface area contributed by atoms with Crippen LogP contribution >= 0.6 is 0 Å². The van der Waals surface area contributed by atoms with E-state index < -0.39 is 11.0 Å². The molecular weight excluding hydrogens is 348 g/mol. The number of hydrogen-bond acceptors (Lipinski definition) is 5. The summed E-state index contributed by atoms with van der Waals surface area (Å²) in [6.45, 7) is 11.4. The van der Waals surface area contributed by atoms with Crippen LogP contribution in [0.3, 0.4) is 0 Å². The van der Waals surface area contributed by atoms with Crippen LogP contribution in [0.5, 0.6) is 0 Å². The molecule has 7 nitrogen and oxygen atoms in total. The van der Waals surface area contributed by atoms with Crippen molar-refractivity contribution in [3.8, 4) is 0 Å². The fourth-order valence-electron chi connectivity index (χ4n) is 4.00. The highest BCUT2D eigenvalue weighted by Crippen LogP contribution is 2.34. The zero-order valence-corrected chi connectivity index (χ0v) is 17.5. The Labute approximate surface area is 162 Å². The van der Waals surface area contributed by atoms with Gasteiger partial charge in [0.1, 0.15) is 5.60 Å². The molecule has 0 aliphatic carbocycles. The van der Waals surface area contributed by atoms with Crippen molar-refractivity contribution in [3.05, 3.63) is 0 Å². The van der Waals surface area contributed by atoms with Gasteiger partial charge in [0.15, 0.2) is 0 Å². The third kappa shape index (κ3) is 5.84. The van der Waals surface area contributed by atoms with Crippen LogP contribution in [0, 0.1) is 11.3 Å². The first-order chi connectivity index (χ1) is 12.4. The minimum atomic E-state index is -0.503. The Bertz CT molecular complexity index is 581. The maximum absolute atomic E-state index is 12.7. The van der Waals surface area contributed by atoms with E-state index in [1.165, 1.54) is 7.11 Å². The Morgan fingerprint density at radius 1 is 1.00 bits per heavy atom. The summed E-state index contributed by atoms with van der Waals surface area (Å²) in [6.07, 6.45) is 1.94. The highest BCUT2D eigenvalue weighted by atomic mass is 16.6. The second-order valence-electron chi connectivity index (χ2n) is 9.51. The first kappa shape index (κ1) is 21.5. The van der Waals surface area contributed by atoms with Crippen LogP contribution in [0.15, 0.2) is 0 Å². The zero-order valence-electron chi connectivity index (χ0n) is 17.5. The molecule has 2 heterocycles. The van der Waals surface area contributed by atoms with Crippen molar-refractivity contribution < 1.29 is 23.9 Å². The molecular formula is C20H34N2O5. The van der Waals surface area contributed by atoms with Crippen LogP contribution in [0.2, 0.25) is 0 Å². The second kappa shape index (κ2) is 8.07. The molecule has 0 unspecified atom stereocenters. The summed E-state index contributed by atoms with van der Waals surface area (Å²) in [5.41, 5.74) is -0.934. The van der Waals surface area contributed by atoms with Gasteiger partial charge in [-0.15, -0.1) is 0 Å². The van der Waals surface area contributed by atoms with Crippen molar-refractivity contribution in [3.63, 3.8) is 0 Å². The Kier molecular flexibility index (Phi) is 6.43. The predicted octanol–water partition coefficient (Wildman–Crippen LogP) is 2.82. The molecule has 0 spiro atoms. The summed E-state index contributed by atoms with van der Waals surface area (Å²) >= 11 is 0. The molecule has 2 fully saturated rings. The molecule has 0 aromatic rings. The van der Waals surface area contributed by atoms with Crippen molar-refractivity contribution in [2.24, 2.45) is 11.3 Å². The van der Waals surface area contributed by atoms with Crippen molar-refractivity contribution >= 4 is 18.0 Å². The van der Waals surface area contributed by atoms with E-state index in [4.69, 9.17) is 9.47 Å². The van der Waals surface area contributed by atoms with Gasteiger partial charge in [0.25, 0.3) is 0 Å². The van der Waals surface area contributed by atoms with Gasteiger partial charge in [0, 0.05) is 32.1 Å². The van der Waals surface area contributed by atoms with Crippen molar-refractivity contribution in [2.75, 3.05) is 26.7 Å². The molecule has 0 N–H and O–H groups in total. The number of ether oxygens (including phenoxy) is 2. The van der Waals surface area contributed by atoms with Gasteiger partial charge in [-0.05, 0) is 44.9 Å². The van der Waals surface area contributed by atoms with Gasteiger partial charge in [0.05, 0.1) is 13.5 Å². The molecule has 2 saturated heterocycles. The quantitative estimate of drug-likeness (QED) is 0.699. The number of carbonyl (C=O) groups is 3. The lowest BCUT2D eigenvalue weighted by Crippen LogP contribution is -2.50. The highest BCUT2D eigenvalue weighted by molar-refractivity contribution is 5.78. The minimum Gasteiger partial charge on any atom is -0.469 e. The first-order valence-corrected chi connectivity index (χ1v) is 9.76. The summed E-state index contributed by atoms with van der Waals surface area (Å²) in [4.78, 5) is 40.4. The molecule has 2 atom stereocenters. The van der Waals surface area contributed by atoms with E-state index in [9.17, 15) is 14.4 Å². The number of rotatable bonds is 4. The lowest BCUT2D eigenvalue weighted by atomic mass is 9.84. The Hall–Kier alpha value is -1.79. The molecule has 0 aromatic carbocycles. The lowest BCUT2D eigenvalue weighted by Gasteiger charge is -2.39. The molecule has 0 radical (unpaired) electrons. The Balaban J connectivity index is 1.91. The SMILES string of the molecule is COC(=O)CC(C)(C)CC(=O)N1CC[C@H]2[C@H](CCN2C(=O)OC(C)(C)C)C1. The first-order valence-electron chi connectivity index (χ1n) is 9.76. The molecule has 154 valence electrons.